The van der Waals surface area contributed by atoms with Gasteiger partial charge in [-0.15, -0.1) is 0 Å². The molecule has 1 heterocycles. The first-order valence-electron chi connectivity index (χ1n) is 14.3. The molecule has 1 fully saturated rings. The molecule has 4 nitrogen and oxygen atoms in total. The smallest absolute Gasteiger partial charge is 0.192 e. The number of hydrogen-bond acceptors (Lipinski definition) is 4. The Morgan fingerprint density at radius 1 is 0.921 bits per heavy atom. The van der Waals surface area contributed by atoms with Gasteiger partial charge in [-0.25, -0.2) is 4.39 Å². The van der Waals surface area contributed by atoms with Gasteiger partial charge in [-0.05, 0) is 59.5 Å². The lowest BCUT2D eigenvalue weighted by Crippen LogP contribution is -2.58. The Bertz CT molecular complexity index is 983. The molecule has 4 atom stereocenters. The third-order valence-electron chi connectivity index (χ3n) is 8.70. The summed E-state index contributed by atoms with van der Waals surface area (Å²) in [6, 6.07) is 20.1. The monoisotopic (exact) mass is 560 g/mol. The standard InChI is InChI=1S/C31H49FO4Si2/c1-9-38(10-2,11-3)36-30-28(35-37(7,8)31(4,5)6)21-27(25-18-15-19-26(32)20-25)34-29(30)23-33-22-24-16-13-12-14-17-24/h12-20,27-30H,9-11,21-23H2,1-8H3/t27-,28+,29-,30+/m1/s1. The highest BCUT2D eigenvalue weighted by atomic mass is 28.4. The van der Waals surface area contributed by atoms with Gasteiger partial charge in [-0.2, -0.15) is 0 Å². The van der Waals surface area contributed by atoms with Crippen LogP contribution in [0.5, 0.6) is 0 Å². The van der Waals surface area contributed by atoms with Crippen molar-refractivity contribution < 1.29 is 22.7 Å². The SMILES string of the molecule is CC[Si](CC)(CC)O[C@H]1[C@@H](O[Si](C)(C)C(C)(C)C)C[C@H](c2cccc(F)c2)O[C@@H]1COCc1ccccc1. The molecule has 1 aliphatic heterocycles. The molecule has 2 aromatic rings. The van der Waals surface area contributed by atoms with Crippen LogP contribution in [0.3, 0.4) is 0 Å². The van der Waals surface area contributed by atoms with Crippen molar-refractivity contribution in [1.82, 2.24) is 0 Å². The van der Waals surface area contributed by atoms with E-state index in [1.807, 2.05) is 24.3 Å². The topological polar surface area (TPSA) is 36.9 Å². The third kappa shape index (κ3) is 7.86. The summed E-state index contributed by atoms with van der Waals surface area (Å²) >= 11 is 0. The third-order valence-corrected chi connectivity index (χ3v) is 17.8. The zero-order valence-corrected chi connectivity index (χ0v) is 26.8. The fraction of sp³-hybridized carbons (Fsp3) is 0.613. The molecule has 0 N–H and O–H groups in total. The van der Waals surface area contributed by atoms with Crippen molar-refractivity contribution in [3.8, 4) is 0 Å². The van der Waals surface area contributed by atoms with Gasteiger partial charge in [0.25, 0.3) is 0 Å². The molecule has 1 saturated heterocycles. The van der Waals surface area contributed by atoms with Gasteiger partial charge in [0.15, 0.2) is 16.6 Å². The molecule has 0 amide bonds. The molecule has 0 aliphatic carbocycles. The van der Waals surface area contributed by atoms with E-state index in [0.29, 0.717) is 19.6 Å². The fourth-order valence-electron chi connectivity index (χ4n) is 4.96. The van der Waals surface area contributed by atoms with Crippen LogP contribution in [0.15, 0.2) is 54.6 Å². The first kappa shape index (κ1) is 31.2. The second kappa shape index (κ2) is 13.3. The van der Waals surface area contributed by atoms with Crippen molar-refractivity contribution in [3.63, 3.8) is 0 Å². The molecule has 0 aromatic heterocycles. The van der Waals surface area contributed by atoms with Gasteiger partial charge >= 0.3 is 0 Å². The number of ether oxygens (including phenoxy) is 2. The molecule has 7 heteroatoms. The van der Waals surface area contributed by atoms with E-state index in [1.165, 1.54) is 6.07 Å². The lowest BCUT2D eigenvalue weighted by molar-refractivity contribution is -0.180. The molecule has 0 radical (unpaired) electrons. The minimum Gasteiger partial charge on any atom is -0.411 e. The minimum atomic E-state index is -2.13. The quantitative estimate of drug-likeness (QED) is 0.243. The van der Waals surface area contributed by atoms with E-state index >= 15 is 0 Å². The molecule has 0 spiro atoms. The average Bonchev–Trinajstić information content (AvgIpc) is 2.88. The van der Waals surface area contributed by atoms with E-state index in [9.17, 15) is 4.39 Å². The van der Waals surface area contributed by atoms with Gasteiger partial charge in [0, 0.05) is 6.42 Å². The first-order chi connectivity index (χ1) is 17.9. The van der Waals surface area contributed by atoms with Crippen LogP contribution in [0.1, 0.15) is 65.2 Å². The molecule has 0 unspecified atom stereocenters. The maximum absolute atomic E-state index is 14.2. The largest absolute Gasteiger partial charge is 0.411 e. The van der Waals surface area contributed by atoms with Crippen LogP contribution in [-0.4, -0.2) is 41.6 Å². The van der Waals surface area contributed by atoms with Gasteiger partial charge in [-0.3, -0.25) is 0 Å². The van der Waals surface area contributed by atoms with E-state index < -0.39 is 16.6 Å². The number of rotatable bonds is 12. The summed E-state index contributed by atoms with van der Waals surface area (Å²) in [7, 11) is -4.11. The van der Waals surface area contributed by atoms with Crippen LogP contribution in [0.4, 0.5) is 4.39 Å². The van der Waals surface area contributed by atoms with Crippen LogP contribution in [0, 0.1) is 5.82 Å². The second-order valence-electron chi connectivity index (χ2n) is 12.2. The van der Waals surface area contributed by atoms with Crippen LogP contribution in [-0.2, 0) is 24.9 Å². The van der Waals surface area contributed by atoms with Crippen LogP contribution in [0.25, 0.3) is 0 Å². The summed E-state index contributed by atoms with van der Waals surface area (Å²) in [4.78, 5) is 0. The number of hydrogen-bond donors (Lipinski definition) is 0. The summed E-state index contributed by atoms with van der Waals surface area (Å²) < 4.78 is 41.5. The van der Waals surface area contributed by atoms with E-state index in [0.717, 1.165) is 29.3 Å². The Labute approximate surface area is 232 Å². The molecule has 0 saturated carbocycles. The highest BCUT2D eigenvalue weighted by molar-refractivity contribution is 6.74. The summed E-state index contributed by atoms with van der Waals surface area (Å²) in [5.74, 6) is -0.252. The summed E-state index contributed by atoms with van der Waals surface area (Å²) in [6.45, 7) is 19.0. The zero-order valence-electron chi connectivity index (χ0n) is 24.8. The number of halogens is 1. The second-order valence-corrected chi connectivity index (χ2v) is 21.7. The molecule has 212 valence electrons. The van der Waals surface area contributed by atoms with Gasteiger partial charge in [-0.1, -0.05) is 84.0 Å². The molecule has 38 heavy (non-hydrogen) atoms. The maximum Gasteiger partial charge on any atom is 0.192 e. The van der Waals surface area contributed by atoms with E-state index in [2.05, 4.69) is 66.8 Å². The predicted octanol–water partition coefficient (Wildman–Crippen LogP) is 8.65. The van der Waals surface area contributed by atoms with Gasteiger partial charge in [0.2, 0.25) is 0 Å². The lowest BCUT2D eigenvalue weighted by Gasteiger charge is -2.49. The van der Waals surface area contributed by atoms with Crippen LogP contribution < -0.4 is 0 Å². The number of benzene rings is 2. The molecule has 1 aliphatic rings. The van der Waals surface area contributed by atoms with Gasteiger partial charge in [0.1, 0.15) is 11.9 Å². The van der Waals surface area contributed by atoms with Crippen molar-refractivity contribution >= 4 is 16.6 Å². The highest BCUT2D eigenvalue weighted by Gasteiger charge is 2.49. The van der Waals surface area contributed by atoms with Crippen molar-refractivity contribution in [2.75, 3.05) is 6.61 Å². The summed E-state index contributed by atoms with van der Waals surface area (Å²) in [5.41, 5.74) is 1.96. The molecule has 0 bridgehead atoms. The van der Waals surface area contributed by atoms with Crippen LogP contribution in [0.2, 0.25) is 36.3 Å². The normalized spacial score (nSPS) is 23.0. The Hall–Kier alpha value is -1.36. The molecular formula is C31H49FO4Si2. The Morgan fingerprint density at radius 3 is 2.16 bits per heavy atom. The van der Waals surface area contributed by atoms with Gasteiger partial charge in [0.05, 0.1) is 31.5 Å². The van der Waals surface area contributed by atoms with E-state index in [4.69, 9.17) is 18.3 Å². The predicted molar refractivity (Wildman–Crippen MR) is 159 cm³/mol. The van der Waals surface area contributed by atoms with E-state index in [-0.39, 0.29) is 35.3 Å². The van der Waals surface area contributed by atoms with Crippen LogP contribution >= 0.6 is 0 Å². The minimum absolute atomic E-state index is 0.0539. The summed E-state index contributed by atoms with van der Waals surface area (Å²) in [6.07, 6.45) is -0.341. The Kier molecular flexibility index (Phi) is 10.9. The molecular weight excluding hydrogens is 512 g/mol. The van der Waals surface area contributed by atoms with Crippen molar-refractivity contribution in [3.05, 3.63) is 71.5 Å². The van der Waals surface area contributed by atoms with Gasteiger partial charge < -0.3 is 18.3 Å². The first-order valence-corrected chi connectivity index (χ1v) is 19.8. The van der Waals surface area contributed by atoms with E-state index in [1.54, 1.807) is 12.1 Å². The fourth-order valence-corrected chi connectivity index (χ4v) is 9.18. The van der Waals surface area contributed by atoms with Crippen molar-refractivity contribution in [2.45, 2.75) is 115 Å². The molecule has 2 aromatic carbocycles. The highest BCUT2D eigenvalue weighted by Crippen LogP contribution is 2.43. The summed E-state index contributed by atoms with van der Waals surface area (Å²) in [5, 5.41) is 0.0539. The lowest BCUT2D eigenvalue weighted by atomic mass is 9.94. The van der Waals surface area contributed by atoms with Crippen molar-refractivity contribution in [1.29, 1.82) is 0 Å². The average molecular weight is 561 g/mol. The Balaban J connectivity index is 1.96. The zero-order chi connectivity index (χ0) is 28.0. The Morgan fingerprint density at radius 2 is 1.58 bits per heavy atom. The van der Waals surface area contributed by atoms with Crippen molar-refractivity contribution in [2.24, 2.45) is 0 Å². The maximum atomic E-state index is 14.2. The molecule has 3 rings (SSSR count).